The van der Waals surface area contributed by atoms with E-state index in [1.54, 1.807) is 12.1 Å². The van der Waals surface area contributed by atoms with Gasteiger partial charge in [-0.2, -0.15) is 0 Å². The molecule has 0 amide bonds. The maximum atomic E-state index is 9.38. The van der Waals surface area contributed by atoms with Crippen molar-refractivity contribution in [3.05, 3.63) is 81.3 Å². The van der Waals surface area contributed by atoms with Crippen molar-refractivity contribution in [3.63, 3.8) is 0 Å². The van der Waals surface area contributed by atoms with Crippen LogP contribution in [0, 0.1) is 0 Å². The van der Waals surface area contributed by atoms with Gasteiger partial charge in [-0.1, -0.05) is 23.7 Å². The van der Waals surface area contributed by atoms with Crippen LogP contribution < -0.4 is 14.8 Å². The van der Waals surface area contributed by atoms with Gasteiger partial charge in [0.15, 0.2) is 11.5 Å². The van der Waals surface area contributed by atoms with E-state index in [4.69, 9.17) is 21.1 Å². The number of aromatic hydroxyl groups is 1. The standard InChI is InChI=1S/C22H21BrClNO3/c1-2-27-21-12-16(13-25-18-7-9-19(26)10-8-18)11-20(23)22(21)28-14-15-3-5-17(24)6-4-15/h3-12,25-26H,2,13-14H2,1H3. The average molecular weight is 463 g/mol. The first-order chi connectivity index (χ1) is 13.5. The number of hydrogen-bond acceptors (Lipinski definition) is 4. The van der Waals surface area contributed by atoms with Crippen molar-refractivity contribution in [2.75, 3.05) is 11.9 Å². The Morgan fingerprint density at radius 2 is 1.68 bits per heavy atom. The Bertz CT molecular complexity index is 914. The van der Waals surface area contributed by atoms with Gasteiger partial charge in [0.1, 0.15) is 12.4 Å². The van der Waals surface area contributed by atoms with E-state index in [-0.39, 0.29) is 5.75 Å². The first kappa shape index (κ1) is 20.4. The van der Waals surface area contributed by atoms with Crippen LogP contribution in [0.1, 0.15) is 18.1 Å². The lowest BCUT2D eigenvalue weighted by atomic mass is 10.2. The molecule has 0 aliphatic rings. The third-order valence-corrected chi connectivity index (χ3v) is 4.87. The zero-order valence-corrected chi connectivity index (χ0v) is 17.8. The van der Waals surface area contributed by atoms with Crippen molar-refractivity contribution in [1.29, 1.82) is 0 Å². The van der Waals surface area contributed by atoms with Gasteiger partial charge in [-0.3, -0.25) is 0 Å². The van der Waals surface area contributed by atoms with Crippen LogP contribution in [0.4, 0.5) is 5.69 Å². The number of rotatable bonds is 8. The second-order valence-electron chi connectivity index (χ2n) is 6.15. The Morgan fingerprint density at radius 1 is 0.964 bits per heavy atom. The molecule has 0 aliphatic heterocycles. The zero-order valence-electron chi connectivity index (χ0n) is 15.4. The smallest absolute Gasteiger partial charge is 0.175 e. The molecule has 0 unspecified atom stereocenters. The summed E-state index contributed by atoms with van der Waals surface area (Å²) in [6.45, 7) is 3.51. The van der Waals surface area contributed by atoms with Crippen LogP contribution in [0.2, 0.25) is 5.02 Å². The third kappa shape index (κ3) is 5.57. The van der Waals surface area contributed by atoms with Crippen LogP contribution in [0.25, 0.3) is 0 Å². The number of nitrogens with one attached hydrogen (secondary N) is 1. The molecule has 28 heavy (non-hydrogen) atoms. The molecule has 3 rings (SSSR count). The molecule has 0 aromatic heterocycles. The lowest BCUT2D eigenvalue weighted by Crippen LogP contribution is -2.04. The minimum Gasteiger partial charge on any atom is -0.508 e. The lowest BCUT2D eigenvalue weighted by Gasteiger charge is -2.16. The monoisotopic (exact) mass is 461 g/mol. The van der Waals surface area contributed by atoms with Crippen molar-refractivity contribution in [2.45, 2.75) is 20.1 Å². The van der Waals surface area contributed by atoms with Crippen molar-refractivity contribution >= 4 is 33.2 Å². The summed E-state index contributed by atoms with van der Waals surface area (Å²) >= 11 is 9.53. The van der Waals surface area contributed by atoms with Crippen molar-refractivity contribution in [2.24, 2.45) is 0 Å². The van der Waals surface area contributed by atoms with Crippen molar-refractivity contribution < 1.29 is 14.6 Å². The van der Waals surface area contributed by atoms with E-state index in [1.807, 2.05) is 55.5 Å². The fraction of sp³-hybridized carbons (Fsp3) is 0.182. The topological polar surface area (TPSA) is 50.7 Å². The van der Waals surface area contributed by atoms with Gasteiger partial charge < -0.3 is 19.9 Å². The number of hydrogen-bond donors (Lipinski definition) is 2. The summed E-state index contributed by atoms with van der Waals surface area (Å²) in [7, 11) is 0. The summed E-state index contributed by atoms with van der Waals surface area (Å²) in [4.78, 5) is 0. The van der Waals surface area contributed by atoms with Crippen LogP contribution in [-0.2, 0) is 13.2 Å². The maximum Gasteiger partial charge on any atom is 0.175 e. The number of halogens is 2. The predicted octanol–water partition coefficient (Wildman–Crippen LogP) is 6.40. The molecule has 0 bridgehead atoms. The molecule has 6 heteroatoms. The molecular weight excluding hydrogens is 442 g/mol. The SMILES string of the molecule is CCOc1cc(CNc2ccc(O)cc2)cc(Br)c1OCc1ccc(Cl)cc1. The van der Waals surface area contributed by atoms with Gasteiger partial charge in [-0.05, 0) is 82.5 Å². The van der Waals surface area contributed by atoms with Crippen LogP contribution in [0.5, 0.6) is 17.2 Å². The lowest BCUT2D eigenvalue weighted by molar-refractivity contribution is 0.267. The van der Waals surface area contributed by atoms with Gasteiger partial charge >= 0.3 is 0 Å². The van der Waals surface area contributed by atoms with E-state index < -0.39 is 0 Å². The number of phenolic OH excluding ortho intramolecular Hbond substituents is 1. The average Bonchev–Trinajstić information content (AvgIpc) is 2.68. The van der Waals surface area contributed by atoms with Gasteiger partial charge in [0, 0.05) is 17.3 Å². The highest BCUT2D eigenvalue weighted by Gasteiger charge is 2.13. The first-order valence-corrected chi connectivity index (χ1v) is 10.1. The molecule has 146 valence electrons. The van der Waals surface area contributed by atoms with E-state index in [2.05, 4.69) is 21.2 Å². The number of phenols is 1. The van der Waals surface area contributed by atoms with Crippen LogP contribution >= 0.6 is 27.5 Å². The minimum atomic E-state index is 0.245. The maximum absolute atomic E-state index is 9.38. The molecule has 0 radical (unpaired) electrons. The molecule has 2 N–H and O–H groups in total. The molecule has 0 fully saturated rings. The van der Waals surface area contributed by atoms with Gasteiger partial charge in [0.25, 0.3) is 0 Å². The Balaban J connectivity index is 1.73. The number of anilines is 1. The highest BCUT2D eigenvalue weighted by Crippen LogP contribution is 2.37. The Kier molecular flexibility index (Phi) is 7.06. The zero-order chi connectivity index (χ0) is 19.9. The summed E-state index contributed by atoms with van der Waals surface area (Å²) in [5, 5.41) is 13.4. The van der Waals surface area contributed by atoms with Crippen LogP contribution in [0.3, 0.4) is 0 Å². The summed E-state index contributed by atoms with van der Waals surface area (Å²) in [5.41, 5.74) is 2.99. The Labute approximate surface area is 178 Å². The highest BCUT2D eigenvalue weighted by atomic mass is 79.9. The summed E-state index contributed by atoms with van der Waals surface area (Å²) < 4.78 is 12.6. The Hall–Kier alpha value is -2.37. The van der Waals surface area contributed by atoms with Gasteiger partial charge in [0.2, 0.25) is 0 Å². The number of ether oxygens (including phenoxy) is 2. The predicted molar refractivity (Wildman–Crippen MR) is 117 cm³/mol. The molecule has 0 atom stereocenters. The third-order valence-electron chi connectivity index (χ3n) is 4.03. The van der Waals surface area contributed by atoms with E-state index in [0.29, 0.717) is 36.3 Å². The second-order valence-corrected chi connectivity index (χ2v) is 7.44. The van der Waals surface area contributed by atoms with E-state index >= 15 is 0 Å². The fourth-order valence-corrected chi connectivity index (χ4v) is 3.38. The molecule has 3 aromatic carbocycles. The summed E-state index contributed by atoms with van der Waals surface area (Å²) in [6.07, 6.45) is 0. The van der Waals surface area contributed by atoms with Gasteiger partial charge in [0.05, 0.1) is 11.1 Å². The molecule has 0 saturated heterocycles. The molecule has 0 saturated carbocycles. The van der Waals surface area contributed by atoms with Crippen molar-refractivity contribution in [3.8, 4) is 17.2 Å². The minimum absolute atomic E-state index is 0.245. The van der Waals surface area contributed by atoms with E-state index in [1.165, 1.54) is 0 Å². The van der Waals surface area contributed by atoms with Gasteiger partial charge in [-0.15, -0.1) is 0 Å². The first-order valence-electron chi connectivity index (χ1n) is 8.90. The fourth-order valence-electron chi connectivity index (χ4n) is 2.65. The second kappa shape index (κ2) is 9.71. The molecule has 3 aromatic rings. The largest absolute Gasteiger partial charge is 0.508 e. The molecule has 0 aliphatic carbocycles. The normalized spacial score (nSPS) is 10.5. The number of benzene rings is 3. The molecule has 0 heterocycles. The van der Waals surface area contributed by atoms with E-state index in [9.17, 15) is 5.11 Å². The molecule has 0 spiro atoms. The van der Waals surface area contributed by atoms with Crippen molar-refractivity contribution in [1.82, 2.24) is 0 Å². The summed E-state index contributed by atoms with van der Waals surface area (Å²) in [6, 6.07) is 18.5. The molecule has 4 nitrogen and oxygen atoms in total. The van der Waals surface area contributed by atoms with E-state index in [0.717, 1.165) is 21.3 Å². The Morgan fingerprint density at radius 3 is 2.36 bits per heavy atom. The summed E-state index contributed by atoms with van der Waals surface area (Å²) in [5.74, 6) is 1.60. The van der Waals surface area contributed by atoms with Crippen LogP contribution in [-0.4, -0.2) is 11.7 Å². The molecular formula is C22H21BrClNO3. The highest BCUT2D eigenvalue weighted by molar-refractivity contribution is 9.10. The van der Waals surface area contributed by atoms with Gasteiger partial charge in [-0.25, -0.2) is 0 Å². The quantitative estimate of drug-likeness (QED) is 0.380. The van der Waals surface area contributed by atoms with Crippen LogP contribution in [0.15, 0.2) is 65.1 Å².